The molecule has 0 aromatic carbocycles. The molecule has 0 aromatic heterocycles. The Morgan fingerprint density at radius 1 is 1.16 bits per heavy atom. The number of rotatable bonds is 4. The molecule has 0 heterocycles. The third-order valence-corrected chi connectivity index (χ3v) is 3.11. The highest BCUT2D eigenvalue weighted by Gasteiger charge is 2.37. The van der Waals surface area contributed by atoms with Crippen molar-refractivity contribution in [2.45, 2.75) is 45.6 Å². The molecule has 6 nitrogen and oxygen atoms in total. The monoisotopic (exact) mass is 270 g/mol. The highest BCUT2D eigenvalue weighted by Crippen LogP contribution is 2.31. The van der Waals surface area contributed by atoms with Gasteiger partial charge in [0.2, 0.25) is 11.8 Å². The Labute approximate surface area is 112 Å². The number of aliphatic carboxylic acids is 1. The van der Waals surface area contributed by atoms with Crippen molar-refractivity contribution < 1.29 is 19.5 Å². The van der Waals surface area contributed by atoms with Gasteiger partial charge in [0.1, 0.15) is 0 Å². The second kappa shape index (κ2) is 6.04. The molecule has 108 valence electrons. The third kappa shape index (κ3) is 4.89. The lowest BCUT2D eigenvalue weighted by Crippen LogP contribution is -2.47. The van der Waals surface area contributed by atoms with E-state index < -0.39 is 17.8 Å². The first kappa shape index (κ1) is 15.5. The van der Waals surface area contributed by atoms with E-state index in [1.165, 1.54) is 0 Å². The first-order valence-corrected chi connectivity index (χ1v) is 6.52. The van der Waals surface area contributed by atoms with Crippen LogP contribution in [0, 0.1) is 11.8 Å². The van der Waals surface area contributed by atoms with Crippen LogP contribution in [0.25, 0.3) is 0 Å². The molecule has 6 heteroatoms. The zero-order valence-corrected chi connectivity index (χ0v) is 11.7. The molecular formula is C13H22N2O4. The summed E-state index contributed by atoms with van der Waals surface area (Å²) in [4.78, 5) is 34.4. The Balaban J connectivity index is 2.43. The molecule has 0 spiro atoms. The average molecular weight is 270 g/mol. The standard InChI is InChI=1S/C13H22N2O4/c1-13(2,3)15-10(16)7-14-11(17)8-5-4-6-9(8)12(18)19/h8-9H,4-7H2,1-3H3,(H,14,17)(H,15,16)(H,18,19)/t8-,9+/m1/s1. The number of carbonyl (C=O) groups is 3. The summed E-state index contributed by atoms with van der Waals surface area (Å²) in [5, 5.41) is 14.3. The van der Waals surface area contributed by atoms with Crippen LogP contribution in [0.1, 0.15) is 40.0 Å². The van der Waals surface area contributed by atoms with Crippen molar-refractivity contribution >= 4 is 17.8 Å². The normalized spacial score (nSPS) is 22.9. The molecule has 0 unspecified atom stereocenters. The van der Waals surface area contributed by atoms with Gasteiger partial charge in [-0.25, -0.2) is 0 Å². The van der Waals surface area contributed by atoms with Gasteiger partial charge in [-0.1, -0.05) is 6.42 Å². The fourth-order valence-corrected chi connectivity index (χ4v) is 2.33. The van der Waals surface area contributed by atoms with Crippen molar-refractivity contribution in [3.63, 3.8) is 0 Å². The van der Waals surface area contributed by atoms with Gasteiger partial charge in [0.05, 0.1) is 18.4 Å². The summed E-state index contributed by atoms with van der Waals surface area (Å²) in [6.45, 7) is 5.44. The minimum atomic E-state index is -0.934. The molecule has 0 saturated heterocycles. The molecule has 2 atom stereocenters. The summed E-state index contributed by atoms with van der Waals surface area (Å²) >= 11 is 0. The molecule has 0 radical (unpaired) electrons. The van der Waals surface area contributed by atoms with Gasteiger partial charge < -0.3 is 15.7 Å². The van der Waals surface area contributed by atoms with Crippen LogP contribution in [0.15, 0.2) is 0 Å². The van der Waals surface area contributed by atoms with Crippen molar-refractivity contribution in [2.24, 2.45) is 11.8 Å². The average Bonchev–Trinajstić information content (AvgIpc) is 2.72. The van der Waals surface area contributed by atoms with Crippen LogP contribution in [0.4, 0.5) is 0 Å². The van der Waals surface area contributed by atoms with E-state index in [2.05, 4.69) is 10.6 Å². The highest BCUT2D eigenvalue weighted by molar-refractivity contribution is 5.89. The molecule has 3 N–H and O–H groups in total. The summed E-state index contributed by atoms with van der Waals surface area (Å²) in [5.74, 6) is -2.68. The first-order chi connectivity index (χ1) is 8.70. The Bertz CT molecular complexity index is 373. The van der Waals surface area contributed by atoms with Crippen molar-refractivity contribution in [2.75, 3.05) is 6.54 Å². The Hall–Kier alpha value is -1.59. The van der Waals surface area contributed by atoms with Crippen molar-refractivity contribution in [3.05, 3.63) is 0 Å². The van der Waals surface area contributed by atoms with Crippen LogP contribution in [0.2, 0.25) is 0 Å². The summed E-state index contributed by atoms with van der Waals surface area (Å²) in [6, 6.07) is 0. The fraction of sp³-hybridized carbons (Fsp3) is 0.769. The van der Waals surface area contributed by atoms with E-state index in [0.29, 0.717) is 12.8 Å². The lowest BCUT2D eigenvalue weighted by atomic mass is 9.95. The Kier molecular flexibility index (Phi) is 4.91. The van der Waals surface area contributed by atoms with Crippen LogP contribution in [-0.2, 0) is 14.4 Å². The zero-order valence-electron chi connectivity index (χ0n) is 11.7. The summed E-state index contributed by atoms with van der Waals surface area (Å²) in [6.07, 6.45) is 1.84. The minimum absolute atomic E-state index is 0.112. The number of carboxylic acids is 1. The topological polar surface area (TPSA) is 95.5 Å². The molecule has 1 rings (SSSR count). The van der Waals surface area contributed by atoms with Crippen molar-refractivity contribution in [1.29, 1.82) is 0 Å². The van der Waals surface area contributed by atoms with E-state index >= 15 is 0 Å². The van der Waals surface area contributed by atoms with Crippen LogP contribution >= 0.6 is 0 Å². The minimum Gasteiger partial charge on any atom is -0.481 e. The van der Waals surface area contributed by atoms with E-state index in [-0.39, 0.29) is 23.9 Å². The van der Waals surface area contributed by atoms with E-state index in [1.807, 2.05) is 20.8 Å². The molecule has 1 fully saturated rings. The van der Waals surface area contributed by atoms with Gasteiger partial charge in [-0.15, -0.1) is 0 Å². The fourth-order valence-electron chi connectivity index (χ4n) is 2.33. The van der Waals surface area contributed by atoms with E-state index in [1.54, 1.807) is 0 Å². The van der Waals surface area contributed by atoms with Crippen LogP contribution in [0.3, 0.4) is 0 Å². The molecule has 0 aliphatic heterocycles. The zero-order chi connectivity index (χ0) is 14.6. The van der Waals surface area contributed by atoms with Gasteiger partial charge in [0, 0.05) is 5.54 Å². The van der Waals surface area contributed by atoms with E-state index in [4.69, 9.17) is 5.11 Å². The second-order valence-corrected chi connectivity index (χ2v) is 6.00. The van der Waals surface area contributed by atoms with Crippen molar-refractivity contribution in [3.8, 4) is 0 Å². The highest BCUT2D eigenvalue weighted by atomic mass is 16.4. The summed E-state index contributed by atoms with van der Waals surface area (Å²) < 4.78 is 0. The first-order valence-electron chi connectivity index (χ1n) is 6.52. The number of carbonyl (C=O) groups excluding carboxylic acids is 2. The van der Waals surface area contributed by atoms with Gasteiger partial charge in [-0.3, -0.25) is 14.4 Å². The number of nitrogens with one attached hydrogen (secondary N) is 2. The Morgan fingerprint density at radius 3 is 2.26 bits per heavy atom. The van der Waals surface area contributed by atoms with Crippen molar-refractivity contribution in [1.82, 2.24) is 10.6 Å². The number of amides is 2. The van der Waals surface area contributed by atoms with Gasteiger partial charge in [-0.05, 0) is 33.6 Å². The molecule has 1 aliphatic carbocycles. The predicted molar refractivity (Wildman–Crippen MR) is 69.4 cm³/mol. The molecule has 0 aromatic rings. The third-order valence-electron chi connectivity index (χ3n) is 3.11. The molecule has 2 amide bonds. The molecular weight excluding hydrogens is 248 g/mol. The maximum Gasteiger partial charge on any atom is 0.307 e. The summed E-state index contributed by atoms with van der Waals surface area (Å²) in [7, 11) is 0. The summed E-state index contributed by atoms with van der Waals surface area (Å²) in [5.41, 5.74) is -0.348. The van der Waals surface area contributed by atoms with Gasteiger partial charge in [-0.2, -0.15) is 0 Å². The quantitative estimate of drug-likeness (QED) is 0.694. The van der Waals surface area contributed by atoms with Crippen LogP contribution < -0.4 is 10.6 Å². The van der Waals surface area contributed by atoms with Crippen LogP contribution in [0.5, 0.6) is 0 Å². The number of hydrogen-bond donors (Lipinski definition) is 3. The van der Waals surface area contributed by atoms with Gasteiger partial charge in [0.15, 0.2) is 0 Å². The maximum atomic E-state index is 11.9. The largest absolute Gasteiger partial charge is 0.481 e. The Morgan fingerprint density at radius 2 is 1.74 bits per heavy atom. The van der Waals surface area contributed by atoms with Gasteiger partial charge >= 0.3 is 5.97 Å². The smallest absolute Gasteiger partial charge is 0.307 e. The predicted octanol–water partition coefficient (Wildman–Crippen LogP) is 0.518. The maximum absolute atomic E-state index is 11.9. The molecule has 1 aliphatic rings. The van der Waals surface area contributed by atoms with E-state index in [9.17, 15) is 14.4 Å². The SMILES string of the molecule is CC(C)(C)NC(=O)CNC(=O)[C@@H]1CCC[C@@H]1C(=O)O. The lowest BCUT2D eigenvalue weighted by molar-refractivity contribution is -0.146. The lowest BCUT2D eigenvalue weighted by Gasteiger charge is -2.21. The van der Waals surface area contributed by atoms with Crippen LogP contribution in [-0.4, -0.2) is 35.0 Å². The molecule has 0 bridgehead atoms. The molecule has 19 heavy (non-hydrogen) atoms. The number of carboxylic acid groups (broad SMARTS) is 1. The molecule has 1 saturated carbocycles. The van der Waals surface area contributed by atoms with E-state index in [0.717, 1.165) is 6.42 Å². The number of hydrogen-bond acceptors (Lipinski definition) is 3. The second-order valence-electron chi connectivity index (χ2n) is 6.00. The van der Waals surface area contributed by atoms with Gasteiger partial charge in [0.25, 0.3) is 0 Å².